The molecule has 0 N–H and O–H groups in total. The van der Waals surface area contributed by atoms with Crippen molar-refractivity contribution in [3.05, 3.63) is 29.8 Å². The van der Waals surface area contributed by atoms with Crippen LogP contribution in [0.15, 0.2) is 24.3 Å². The maximum absolute atomic E-state index is 11.6. The van der Waals surface area contributed by atoms with Crippen LogP contribution in [0.5, 0.6) is 0 Å². The standard InChI is InChI=1S/C14H19NO/c1-10(16)15-9-12(14(2,3)4)11-7-5-6-8-13(11)15/h5-8,12H,9H2,1-4H3. The number of amides is 1. The molecule has 2 heteroatoms. The molecule has 1 heterocycles. The van der Waals surface area contributed by atoms with Crippen LogP contribution in [-0.4, -0.2) is 12.5 Å². The number of anilines is 1. The highest BCUT2D eigenvalue weighted by Gasteiger charge is 2.37. The number of rotatable bonds is 0. The molecule has 16 heavy (non-hydrogen) atoms. The van der Waals surface area contributed by atoms with E-state index < -0.39 is 0 Å². The highest BCUT2D eigenvalue weighted by molar-refractivity contribution is 5.94. The average molecular weight is 217 g/mol. The molecule has 0 aromatic heterocycles. The molecule has 0 radical (unpaired) electrons. The van der Waals surface area contributed by atoms with E-state index in [4.69, 9.17) is 0 Å². The van der Waals surface area contributed by atoms with Crippen molar-refractivity contribution in [1.29, 1.82) is 0 Å². The summed E-state index contributed by atoms with van der Waals surface area (Å²) in [5, 5.41) is 0. The van der Waals surface area contributed by atoms with E-state index in [1.54, 1.807) is 6.92 Å². The molecule has 1 atom stereocenters. The SMILES string of the molecule is CC(=O)N1CC(C(C)(C)C)c2ccccc21. The molecule has 0 spiro atoms. The number of carbonyl (C=O) groups excluding carboxylic acids is 1. The van der Waals surface area contributed by atoms with Gasteiger partial charge in [-0.15, -0.1) is 0 Å². The zero-order valence-corrected chi connectivity index (χ0v) is 10.4. The van der Waals surface area contributed by atoms with E-state index in [1.165, 1.54) is 5.56 Å². The van der Waals surface area contributed by atoms with E-state index in [-0.39, 0.29) is 11.3 Å². The van der Waals surface area contributed by atoms with Gasteiger partial charge in [-0.1, -0.05) is 39.0 Å². The van der Waals surface area contributed by atoms with Gasteiger partial charge in [0.1, 0.15) is 0 Å². The number of nitrogens with zero attached hydrogens (tertiary/aromatic N) is 1. The Morgan fingerprint density at radius 1 is 1.31 bits per heavy atom. The lowest BCUT2D eigenvalue weighted by Gasteiger charge is -2.27. The zero-order valence-electron chi connectivity index (χ0n) is 10.4. The van der Waals surface area contributed by atoms with Gasteiger partial charge in [0.15, 0.2) is 0 Å². The van der Waals surface area contributed by atoms with Gasteiger partial charge in [-0.3, -0.25) is 4.79 Å². The summed E-state index contributed by atoms with van der Waals surface area (Å²) in [6.07, 6.45) is 0. The fourth-order valence-electron chi connectivity index (χ4n) is 2.45. The molecular formula is C14H19NO. The highest BCUT2D eigenvalue weighted by Crippen LogP contribution is 2.45. The Hall–Kier alpha value is -1.31. The van der Waals surface area contributed by atoms with Crippen LogP contribution in [0.25, 0.3) is 0 Å². The monoisotopic (exact) mass is 217 g/mol. The number of hydrogen-bond acceptors (Lipinski definition) is 1. The molecule has 1 aromatic rings. The third kappa shape index (κ3) is 1.73. The van der Waals surface area contributed by atoms with Crippen molar-refractivity contribution in [2.75, 3.05) is 11.4 Å². The van der Waals surface area contributed by atoms with Crippen molar-refractivity contribution in [1.82, 2.24) is 0 Å². The topological polar surface area (TPSA) is 20.3 Å². The minimum atomic E-state index is 0.138. The van der Waals surface area contributed by atoms with E-state index in [2.05, 4.69) is 32.9 Å². The first-order valence-corrected chi connectivity index (χ1v) is 5.78. The Labute approximate surface area is 97.3 Å². The van der Waals surface area contributed by atoms with E-state index >= 15 is 0 Å². The van der Waals surface area contributed by atoms with E-state index in [9.17, 15) is 4.79 Å². The molecule has 0 fully saturated rings. The Balaban J connectivity index is 2.47. The predicted octanol–water partition coefficient (Wildman–Crippen LogP) is 3.18. The molecular weight excluding hydrogens is 198 g/mol. The fraction of sp³-hybridized carbons (Fsp3) is 0.500. The van der Waals surface area contributed by atoms with Gasteiger partial charge in [-0.2, -0.15) is 0 Å². The third-order valence-electron chi connectivity index (χ3n) is 3.39. The molecule has 2 rings (SSSR count). The molecule has 1 amide bonds. The molecule has 2 nitrogen and oxygen atoms in total. The van der Waals surface area contributed by atoms with Crippen LogP contribution in [0.2, 0.25) is 0 Å². The minimum Gasteiger partial charge on any atom is -0.312 e. The molecule has 0 saturated carbocycles. The summed E-state index contributed by atoms with van der Waals surface area (Å²) in [5.41, 5.74) is 2.60. The lowest BCUT2D eigenvalue weighted by molar-refractivity contribution is -0.116. The second-order valence-corrected chi connectivity index (χ2v) is 5.61. The van der Waals surface area contributed by atoms with Crippen LogP contribution in [0.1, 0.15) is 39.2 Å². The zero-order chi connectivity index (χ0) is 11.9. The van der Waals surface area contributed by atoms with Crippen LogP contribution in [-0.2, 0) is 4.79 Å². The Morgan fingerprint density at radius 3 is 2.50 bits per heavy atom. The Kier molecular flexibility index (Phi) is 2.53. The number of carbonyl (C=O) groups is 1. The van der Waals surface area contributed by atoms with Crippen LogP contribution in [0, 0.1) is 5.41 Å². The van der Waals surface area contributed by atoms with E-state index in [1.807, 2.05) is 17.0 Å². The quantitative estimate of drug-likeness (QED) is 0.653. The summed E-state index contributed by atoms with van der Waals surface area (Å²) in [6.45, 7) is 9.16. The van der Waals surface area contributed by atoms with Gasteiger partial charge in [-0.25, -0.2) is 0 Å². The van der Waals surface area contributed by atoms with Crippen molar-refractivity contribution >= 4 is 11.6 Å². The predicted molar refractivity (Wildman–Crippen MR) is 66.7 cm³/mol. The lowest BCUT2D eigenvalue weighted by Crippen LogP contribution is -2.30. The average Bonchev–Trinajstić information content (AvgIpc) is 2.56. The smallest absolute Gasteiger partial charge is 0.223 e. The fourth-order valence-corrected chi connectivity index (χ4v) is 2.45. The Morgan fingerprint density at radius 2 is 1.94 bits per heavy atom. The first-order chi connectivity index (χ1) is 7.41. The summed E-state index contributed by atoms with van der Waals surface area (Å²) < 4.78 is 0. The van der Waals surface area contributed by atoms with Gasteiger partial charge in [0.2, 0.25) is 5.91 Å². The molecule has 0 aliphatic carbocycles. The third-order valence-corrected chi connectivity index (χ3v) is 3.39. The molecule has 0 saturated heterocycles. The number of fused-ring (bicyclic) bond motifs is 1. The van der Waals surface area contributed by atoms with Gasteiger partial charge in [0.05, 0.1) is 0 Å². The summed E-state index contributed by atoms with van der Waals surface area (Å²) >= 11 is 0. The second kappa shape index (κ2) is 3.62. The van der Waals surface area contributed by atoms with E-state index in [0.29, 0.717) is 5.92 Å². The van der Waals surface area contributed by atoms with Crippen molar-refractivity contribution in [2.24, 2.45) is 5.41 Å². The number of hydrogen-bond donors (Lipinski definition) is 0. The number of para-hydroxylation sites is 1. The summed E-state index contributed by atoms with van der Waals surface area (Å²) in [4.78, 5) is 13.5. The summed E-state index contributed by atoms with van der Waals surface area (Å²) in [7, 11) is 0. The normalized spacial score (nSPS) is 19.8. The maximum atomic E-state index is 11.6. The summed E-state index contributed by atoms with van der Waals surface area (Å²) in [6, 6.07) is 8.25. The second-order valence-electron chi connectivity index (χ2n) is 5.61. The summed E-state index contributed by atoms with van der Waals surface area (Å²) in [5.74, 6) is 0.576. The van der Waals surface area contributed by atoms with Crippen molar-refractivity contribution in [2.45, 2.75) is 33.6 Å². The lowest BCUT2D eigenvalue weighted by atomic mass is 9.78. The van der Waals surface area contributed by atoms with Crippen molar-refractivity contribution < 1.29 is 4.79 Å². The van der Waals surface area contributed by atoms with Gasteiger partial charge < -0.3 is 4.90 Å². The molecule has 1 aromatic carbocycles. The van der Waals surface area contributed by atoms with Gasteiger partial charge in [0, 0.05) is 25.1 Å². The number of benzene rings is 1. The Bertz CT molecular complexity index is 417. The van der Waals surface area contributed by atoms with Crippen molar-refractivity contribution in [3.63, 3.8) is 0 Å². The van der Waals surface area contributed by atoms with Crippen LogP contribution in [0.4, 0.5) is 5.69 Å². The molecule has 1 unspecified atom stereocenters. The van der Waals surface area contributed by atoms with Gasteiger partial charge >= 0.3 is 0 Å². The molecule has 0 bridgehead atoms. The highest BCUT2D eigenvalue weighted by atomic mass is 16.2. The van der Waals surface area contributed by atoms with Crippen molar-refractivity contribution in [3.8, 4) is 0 Å². The minimum absolute atomic E-state index is 0.138. The maximum Gasteiger partial charge on any atom is 0.223 e. The van der Waals surface area contributed by atoms with E-state index in [0.717, 1.165) is 12.2 Å². The molecule has 1 aliphatic rings. The van der Waals surface area contributed by atoms with Crippen LogP contribution >= 0.6 is 0 Å². The molecule has 1 aliphatic heterocycles. The van der Waals surface area contributed by atoms with Gasteiger partial charge in [-0.05, 0) is 17.0 Å². The van der Waals surface area contributed by atoms with Crippen LogP contribution in [0.3, 0.4) is 0 Å². The first-order valence-electron chi connectivity index (χ1n) is 5.78. The van der Waals surface area contributed by atoms with Gasteiger partial charge in [0.25, 0.3) is 0 Å². The first kappa shape index (κ1) is 11.2. The largest absolute Gasteiger partial charge is 0.312 e. The van der Waals surface area contributed by atoms with Crippen LogP contribution < -0.4 is 4.90 Å². The molecule has 86 valence electrons.